The van der Waals surface area contributed by atoms with Gasteiger partial charge in [-0.05, 0) is 161 Å². The molecular weight excluding hydrogens is 1090 g/mol. The van der Waals surface area contributed by atoms with E-state index < -0.39 is 12.1 Å². The van der Waals surface area contributed by atoms with E-state index in [0.29, 0.717) is 46.4 Å². The molecule has 6 aromatic rings. The smallest absolute Gasteiger partial charge is 0.262 e. The third-order valence-electron chi connectivity index (χ3n) is 10.9. The van der Waals surface area contributed by atoms with Crippen LogP contribution in [-0.2, 0) is 14.3 Å². The van der Waals surface area contributed by atoms with Crippen LogP contribution in [0.1, 0.15) is 50.7 Å². The standard InChI is InChI=1S/C48H48Br4N6O7/c1-29(47(63)55-53-27-35-25-39(49)45(61)41(51)43(35)59)57(37-17-15-31-11-3-5-13-33(31)23-37)19-7-9-21-65-22-10-8-20-58(38-18-16-32-12-4-6-14-34(32)24-38)30(2)48(64)56-54-28-36-26-40(50)46(62)42(52)44(36)60/h3-6,11-18,23-30,59-62H,7-10,19-22H2,1-2H3,(H,55,63)(H,56,64)/b53-27-,54-28-. The zero-order chi connectivity index (χ0) is 46.6. The number of carbonyl (C=O) groups is 2. The predicted octanol–water partition coefficient (Wildman–Crippen LogP) is 10.8. The number of phenols is 4. The van der Waals surface area contributed by atoms with E-state index in [1.165, 1.54) is 24.6 Å². The molecule has 0 aliphatic carbocycles. The lowest BCUT2D eigenvalue weighted by Crippen LogP contribution is -2.44. The van der Waals surface area contributed by atoms with Crippen LogP contribution in [0.3, 0.4) is 0 Å². The number of carbonyl (C=O) groups excluding carboxylic acids is 2. The molecule has 0 aromatic heterocycles. The van der Waals surface area contributed by atoms with Crippen molar-refractivity contribution >= 4 is 121 Å². The van der Waals surface area contributed by atoms with Crippen LogP contribution >= 0.6 is 63.7 Å². The second-order valence-corrected chi connectivity index (χ2v) is 18.5. The lowest BCUT2D eigenvalue weighted by molar-refractivity contribution is -0.122. The number of ether oxygens (including phenoxy) is 1. The molecule has 0 aliphatic rings. The van der Waals surface area contributed by atoms with E-state index in [1.807, 2.05) is 96.4 Å². The van der Waals surface area contributed by atoms with Gasteiger partial charge in [-0.1, -0.05) is 60.7 Å². The molecule has 17 heteroatoms. The van der Waals surface area contributed by atoms with E-state index in [1.54, 1.807) is 0 Å². The number of hydrogen-bond acceptors (Lipinski definition) is 11. The van der Waals surface area contributed by atoms with Crippen LogP contribution in [0.2, 0.25) is 0 Å². The van der Waals surface area contributed by atoms with Crippen molar-refractivity contribution in [1.82, 2.24) is 10.9 Å². The van der Waals surface area contributed by atoms with E-state index >= 15 is 0 Å². The van der Waals surface area contributed by atoms with Gasteiger partial charge in [0, 0.05) is 48.8 Å². The molecule has 6 N–H and O–H groups in total. The Morgan fingerprint density at radius 2 is 0.954 bits per heavy atom. The molecule has 65 heavy (non-hydrogen) atoms. The first-order valence-corrected chi connectivity index (χ1v) is 24.0. The maximum Gasteiger partial charge on any atom is 0.262 e. The van der Waals surface area contributed by atoms with Crippen LogP contribution in [0, 0.1) is 0 Å². The second-order valence-electron chi connectivity index (χ2n) is 15.2. The zero-order valence-electron chi connectivity index (χ0n) is 35.5. The average molecular weight is 1140 g/mol. The van der Waals surface area contributed by atoms with E-state index in [2.05, 4.69) is 96.9 Å². The lowest BCUT2D eigenvalue weighted by Gasteiger charge is -2.30. The van der Waals surface area contributed by atoms with Crippen LogP contribution in [0.5, 0.6) is 23.0 Å². The fourth-order valence-corrected chi connectivity index (χ4v) is 9.42. The highest BCUT2D eigenvalue weighted by molar-refractivity contribution is 9.11. The first kappa shape index (κ1) is 49.2. The molecule has 0 heterocycles. The largest absolute Gasteiger partial charge is 0.506 e. The van der Waals surface area contributed by atoms with E-state index in [4.69, 9.17) is 4.74 Å². The number of unbranched alkanes of at least 4 members (excludes halogenated alkanes) is 2. The minimum atomic E-state index is -0.597. The zero-order valence-corrected chi connectivity index (χ0v) is 41.9. The number of rotatable bonds is 20. The summed E-state index contributed by atoms with van der Waals surface area (Å²) in [6.07, 6.45) is 5.66. The van der Waals surface area contributed by atoms with Crippen molar-refractivity contribution in [3.05, 3.63) is 126 Å². The molecule has 6 rings (SSSR count). The Balaban J connectivity index is 1.02. The molecule has 0 radical (unpaired) electrons. The van der Waals surface area contributed by atoms with Crippen molar-refractivity contribution in [2.75, 3.05) is 36.1 Å². The molecule has 0 saturated heterocycles. The van der Waals surface area contributed by atoms with Gasteiger partial charge in [-0.2, -0.15) is 10.2 Å². The summed E-state index contributed by atoms with van der Waals surface area (Å²) in [7, 11) is 0. The van der Waals surface area contributed by atoms with Gasteiger partial charge < -0.3 is 35.0 Å². The first-order chi connectivity index (χ1) is 31.2. The van der Waals surface area contributed by atoms with Crippen LogP contribution in [0.25, 0.3) is 21.5 Å². The summed E-state index contributed by atoms with van der Waals surface area (Å²) in [5, 5.41) is 53.5. The average Bonchev–Trinajstić information content (AvgIpc) is 3.31. The number of nitrogens with zero attached hydrogens (tertiary/aromatic N) is 4. The summed E-state index contributed by atoms with van der Waals surface area (Å²) in [6.45, 7) is 5.87. The molecule has 2 atom stereocenters. The SMILES string of the molecule is CC(C(=O)N/N=C\c1cc(Br)c(O)c(Br)c1O)N(CCCCOCCCCN(c1ccc2ccccc2c1)C(C)C(=O)N/N=C\c1cc(Br)c(O)c(Br)c1O)c1ccc2ccccc2c1. The Kier molecular flexibility index (Phi) is 17.7. The molecule has 0 fully saturated rings. The quantitative estimate of drug-likeness (QED) is 0.0246. The summed E-state index contributed by atoms with van der Waals surface area (Å²) in [6, 6.07) is 30.2. The number of nitrogens with one attached hydrogen (secondary N) is 2. The Hall–Kier alpha value is -5.20. The summed E-state index contributed by atoms with van der Waals surface area (Å²) < 4.78 is 7.00. The number of fused-ring (bicyclic) bond motifs is 2. The Labute approximate surface area is 410 Å². The van der Waals surface area contributed by atoms with Crippen molar-refractivity contribution in [2.45, 2.75) is 51.6 Å². The van der Waals surface area contributed by atoms with Crippen LogP contribution in [0.15, 0.2) is 125 Å². The predicted molar refractivity (Wildman–Crippen MR) is 273 cm³/mol. The topological polar surface area (TPSA) is 180 Å². The molecule has 340 valence electrons. The molecule has 0 spiro atoms. The van der Waals surface area contributed by atoms with Gasteiger partial charge in [0.25, 0.3) is 11.8 Å². The Morgan fingerprint density at radius 3 is 1.35 bits per heavy atom. The second kappa shape index (κ2) is 23.3. The Morgan fingerprint density at radius 1 is 0.569 bits per heavy atom. The summed E-state index contributed by atoms with van der Waals surface area (Å²) in [5.41, 5.74) is 7.57. The molecule has 0 saturated carbocycles. The highest BCUT2D eigenvalue weighted by Crippen LogP contribution is 2.41. The molecule has 6 aromatic carbocycles. The summed E-state index contributed by atoms with van der Waals surface area (Å²) in [5.74, 6) is -1.40. The molecule has 0 aliphatic heterocycles. The van der Waals surface area contributed by atoms with E-state index in [9.17, 15) is 30.0 Å². The summed E-state index contributed by atoms with van der Waals surface area (Å²) >= 11 is 12.8. The normalized spacial score (nSPS) is 12.5. The van der Waals surface area contributed by atoms with Crippen molar-refractivity contribution in [1.29, 1.82) is 0 Å². The molecule has 0 bridgehead atoms. The van der Waals surface area contributed by atoms with Crippen LogP contribution < -0.4 is 20.7 Å². The van der Waals surface area contributed by atoms with Gasteiger partial charge in [-0.25, -0.2) is 10.9 Å². The van der Waals surface area contributed by atoms with Crippen LogP contribution in [-0.4, -0.2) is 83.1 Å². The van der Waals surface area contributed by atoms with Gasteiger partial charge in [0.1, 0.15) is 44.0 Å². The van der Waals surface area contributed by atoms with Gasteiger partial charge in [0.15, 0.2) is 0 Å². The fraction of sp³-hybridized carbons (Fsp3) is 0.250. The van der Waals surface area contributed by atoms with Crippen molar-refractivity contribution in [3.63, 3.8) is 0 Å². The van der Waals surface area contributed by atoms with E-state index in [0.717, 1.165) is 58.6 Å². The molecule has 2 unspecified atom stereocenters. The number of benzene rings is 6. The monoisotopic (exact) mass is 1140 g/mol. The minimum Gasteiger partial charge on any atom is -0.506 e. The molecule has 2 amide bonds. The number of halogens is 4. The summed E-state index contributed by atoms with van der Waals surface area (Å²) in [4.78, 5) is 31.0. The molecular formula is C48H48Br4N6O7. The number of hydrogen-bond donors (Lipinski definition) is 6. The number of anilines is 2. The van der Waals surface area contributed by atoms with Gasteiger partial charge in [-0.15, -0.1) is 0 Å². The van der Waals surface area contributed by atoms with Gasteiger partial charge in [-0.3, -0.25) is 9.59 Å². The maximum atomic E-state index is 13.5. The van der Waals surface area contributed by atoms with Crippen LogP contribution in [0.4, 0.5) is 11.4 Å². The Bertz CT molecular complexity index is 2540. The number of phenolic OH excluding ortho intramolecular Hbond substituents is 4. The minimum absolute atomic E-state index is 0.109. The third-order valence-corrected chi connectivity index (χ3v) is 13.6. The highest BCUT2D eigenvalue weighted by Gasteiger charge is 2.24. The third kappa shape index (κ3) is 12.6. The van der Waals surface area contributed by atoms with Crippen molar-refractivity contribution in [3.8, 4) is 23.0 Å². The maximum absolute atomic E-state index is 13.5. The van der Waals surface area contributed by atoms with Gasteiger partial charge in [0.2, 0.25) is 0 Å². The molecule has 13 nitrogen and oxygen atoms in total. The van der Waals surface area contributed by atoms with Gasteiger partial charge in [0.05, 0.1) is 21.4 Å². The number of hydrazone groups is 2. The van der Waals surface area contributed by atoms with E-state index in [-0.39, 0.29) is 43.8 Å². The van der Waals surface area contributed by atoms with Crippen molar-refractivity contribution in [2.24, 2.45) is 10.2 Å². The first-order valence-electron chi connectivity index (χ1n) is 20.8. The fourth-order valence-electron chi connectivity index (χ4n) is 7.11. The highest BCUT2D eigenvalue weighted by atomic mass is 79.9. The lowest BCUT2D eigenvalue weighted by atomic mass is 10.1. The van der Waals surface area contributed by atoms with Crippen molar-refractivity contribution < 1.29 is 34.8 Å². The van der Waals surface area contributed by atoms with Gasteiger partial charge >= 0.3 is 0 Å². The number of amides is 2. The number of aromatic hydroxyl groups is 4.